The number of hydrogen-bond donors (Lipinski definition) is 1. The third-order valence-corrected chi connectivity index (χ3v) is 7.81. The van der Waals surface area contributed by atoms with E-state index in [1.165, 1.54) is 9.13 Å². The van der Waals surface area contributed by atoms with Crippen LogP contribution in [0.1, 0.15) is 49.8 Å². The van der Waals surface area contributed by atoms with Crippen molar-refractivity contribution in [1.82, 2.24) is 18.4 Å². The van der Waals surface area contributed by atoms with Gasteiger partial charge in [-0.3, -0.25) is 9.36 Å². The summed E-state index contributed by atoms with van der Waals surface area (Å²) in [5.41, 5.74) is 0.373. The number of nitrogen functional groups attached to an aromatic ring is 1. The Balaban J connectivity index is 1.52. The predicted octanol–water partition coefficient (Wildman–Crippen LogP) is 3.31. The van der Waals surface area contributed by atoms with Crippen molar-refractivity contribution in [1.29, 1.82) is 0 Å². The molecule has 46 heavy (non-hydrogen) atoms. The molecule has 244 valence electrons. The summed E-state index contributed by atoms with van der Waals surface area (Å²) in [4.78, 5) is 45.6. The molecular formula is C33H39ClN6O6. The Morgan fingerprint density at radius 2 is 1.80 bits per heavy atom. The quantitative estimate of drug-likeness (QED) is 0.246. The van der Waals surface area contributed by atoms with Crippen LogP contribution in [0.25, 0.3) is 0 Å². The number of nitrogens with two attached hydrogens (primary N) is 1. The molecule has 1 fully saturated rings. The first-order valence-corrected chi connectivity index (χ1v) is 15.7. The van der Waals surface area contributed by atoms with Crippen molar-refractivity contribution in [2.75, 3.05) is 19.1 Å². The minimum Gasteiger partial charge on any atom is -0.491 e. The van der Waals surface area contributed by atoms with Crippen LogP contribution in [-0.4, -0.2) is 44.0 Å². The summed E-state index contributed by atoms with van der Waals surface area (Å²) < 4.78 is 21.8. The van der Waals surface area contributed by atoms with E-state index >= 15 is 0 Å². The minimum atomic E-state index is -0.819. The molecule has 0 saturated carbocycles. The molecule has 5 rings (SSSR count). The molecule has 1 saturated heterocycles. The highest BCUT2D eigenvalue weighted by Gasteiger charge is 2.17. The number of halogens is 1. The van der Waals surface area contributed by atoms with Crippen molar-refractivity contribution in [3.8, 4) is 5.75 Å². The van der Waals surface area contributed by atoms with E-state index in [2.05, 4.69) is 4.99 Å². The molecule has 12 nitrogen and oxygen atoms in total. The highest BCUT2D eigenvalue weighted by Crippen LogP contribution is 2.24. The highest BCUT2D eigenvalue weighted by atomic mass is 35.5. The van der Waals surface area contributed by atoms with Crippen LogP contribution in [0.4, 0.5) is 5.69 Å². The monoisotopic (exact) mass is 650 g/mol. The summed E-state index contributed by atoms with van der Waals surface area (Å²) in [7, 11) is 0. The highest BCUT2D eigenvalue weighted by molar-refractivity contribution is 6.30. The van der Waals surface area contributed by atoms with Crippen molar-refractivity contribution in [2.24, 2.45) is 4.99 Å². The van der Waals surface area contributed by atoms with Gasteiger partial charge in [0.25, 0.3) is 5.56 Å². The van der Waals surface area contributed by atoms with E-state index in [4.69, 9.17) is 31.7 Å². The lowest BCUT2D eigenvalue weighted by molar-refractivity contribution is -0.163. The molecule has 1 unspecified atom stereocenters. The number of pyridine rings is 1. The second kappa shape index (κ2) is 14.8. The molecule has 0 aliphatic carbocycles. The van der Waals surface area contributed by atoms with E-state index in [1.54, 1.807) is 60.8 Å². The zero-order valence-electron chi connectivity index (χ0n) is 26.2. The molecule has 0 amide bonds. The topological polar surface area (TPSA) is 137 Å². The van der Waals surface area contributed by atoms with Gasteiger partial charge in [0.1, 0.15) is 5.75 Å². The second-order valence-corrected chi connectivity index (χ2v) is 11.9. The van der Waals surface area contributed by atoms with E-state index in [0.29, 0.717) is 23.1 Å². The number of nitrogens with zero attached hydrogens (tertiary/aromatic N) is 5. The zero-order valence-corrected chi connectivity index (χ0v) is 27.0. The van der Waals surface area contributed by atoms with Crippen LogP contribution in [0.5, 0.6) is 5.75 Å². The van der Waals surface area contributed by atoms with Gasteiger partial charge in [-0.2, -0.15) is 4.68 Å². The molecule has 4 aromatic rings. The van der Waals surface area contributed by atoms with Crippen LogP contribution in [0.3, 0.4) is 0 Å². The van der Waals surface area contributed by atoms with Gasteiger partial charge in [0.15, 0.2) is 6.29 Å². The van der Waals surface area contributed by atoms with Crippen LogP contribution in [0.15, 0.2) is 80.2 Å². The first-order chi connectivity index (χ1) is 22.1. The Bertz CT molecular complexity index is 1920. The third-order valence-electron chi connectivity index (χ3n) is 7.56. The van der Waals surface area contributed by atoms with Gasteiger partial charge in [0, 0.05) is 29.9 Å². The molecule has 0 bridgehead atoms. The summed E-state index contributed by atoms with van der Waals surface area (Å²) in [6.45, 7) is 6.74. The molecule has 1 aliphatic heterocycles. The van der Waals surface area contributed by atoms with Crippen molar-refractivity contribution in [3.63, 3.8) is 0 Å². The fourth-order valence-corrected chi connectivity index (χ4v) is 5.33. The maximum Gasteiger partial charge on any atom is 0.354 e. The van der Waals surface area contributed by atoms with Crippen LogP contribution in [0, 0.1) is 6.92 Å². The van der Waals surface area contributed by atoms with Crippen molar-refractivity contribution in [2.45, 2.75) is 72.1 Å². The van der Waals surface area contributed by atoms with Gasteiger partial charge in [0.05, 0.1) is 31.5 Å². The molecule has 2 aromatic carbocycles. The molecule has 13 heteroatoms. The number of aromatic nitrogens is 4. The van der Waals surface area contributed by atoms with E-state index in [0.717, 1.165) is 39.6 Å². The number of ether oxygens (including phenoxy) is 3. The van der Waals surface area contributed by atoms with E-state index < -0.39 is 11.4 Å². The van der Waals surface area contributed by atoms with Gasteiger partial charge in [-0.15, -0.1) is 0 Å². The summed E-state index contributed by atoms with van der Waals surface area (Å²) in [5, 5.41) is 0.538. The lowest BCUT2D eigenvalue weighted by Crippen LogP contribution is -2.57. The number of rotatable bonds is 11. The Kier molecular flexibility index (Phi) is 10.6. The SMILES string of the molecule is Cc1cc(/N=c2\n(N)c(=O)n(Cc3cccn(CCOC4CCCCO4)c3=O)c(=O)n2Cc2ccc(Cl)cc2)ccc1OC(C)C. The smallest absolute Gasteiger partial charge is 0.354 e. The van der Waals surface area contributed by atoms with Gasteiger partial charge in [-0.25, -0.2) is 19.1 Å². The van der Waals surface area contributed by atoms with Gasteiger partial charge in [-0.1, -0.05) is 29.8 Å². The zero-order chi connectivity index (χ0) is 32.8. The van der Waals surface area contributed by atoms with Gasteiger partial charge in [-0.05, 0) is 87.6 Å². The van der Waals surface area contributed by atoms with Crippen LogP contribution in [0.2, 0.25) is 5.02 Å². The first kappa shape index (κ1) is 33.0. The molecule has 3 heterocycles. The van der Waals surface area contributed by atoms with Crippen molar-refractivity contribution < 1.29 is 14.2 Å². The molecule has 0 spiro atoms. The Morgan fingerprint density at radius 3 is 2.50 bits per heavy atom. The number of aryl methyl sites for hydroxylation is 1. The number of hydrogen-bond acceptors (Lipinski definition) is 8. The maximum absolute atomic E-state index is 14.0. The Labute approximate surface area is 270 Å². The summed E-state index contributed by atoms with van der Waals surface area (Å²) >= 11 is 6.09. The predicted molar refractivity (Wildman–Crippen MR) is 175 cm³/mol. The van der Waals surface area contributed by atoms with E-state index in [9.17, 15) is 14.4 Å². The van der Waals surface area contributed by atoms with Crippen LogP contribution < -0.4 is 33.1 Å². The van der Waals surface area contributed by atoms with Crippen molar-refractivity contribution in [3.05, 3.63) is 119 Å². The van der Waals surface area contributed by atoms with E-state index in [-0.39, 0.29) is 55.4 Å². The fraction of sp³-hybridized carbons (Fsp3) is 0.394. The summed E-state index contributed by atoms with van der Waals surface area (Å²) in [6, 6.07) is 15.5. The standard InChI is InChI=1S/C33H39ClN6O6/c1-22(2)46-28-14-13-27(19-23(28)3)36-31-38(20-24-9-11-26(34)12-10-24)32(42)39(33(43)40(31)35)21-25-7-6-15-37(30(25)41)16-18-45-29-8-4-5-17-44-29/h6-7,9-15,19,22,29H,4-5,8,16-18,20-21,35H2,1-3H3/b36-31-. The van der Waals surface area contributed by atoms with Crippen LogP contribution >= 0.6 is 11.6 Å². The third kappa shape index (κ3) is 7.87. The molecule has 2 N–H and O–H groups in total. The molecular weight excluding hydrogens is 612 g/mol. The average Bonchev–Trinajstić information content (AvgIpc) is 3.04. The summed E-state index contributed by atoms with van der Waals surface area (Å²) in [6.07, 6.45) is 4.23. The lowest BCUT2D eigenvalue weighted by Gasteiger charge is -2.22. The van der Waals surface area contributed by atoms with Gasteiger partial charge < -0.3 is 24.6 Å². The number of benzene rings is 2. The minimum absolute atomic E-state index is 0.0111. The lowest BCUT2D eigenvalue weighted by atomic mass is 10.2. The largest absolute Gasteiger partial charge is 0.491 e. The molecule has 2 aromatic heterocycles. The molecule has 0 radical (unpaired) electrons. The van der Waals surface area contributed by atoms with Crippen molar-refractivity contribution >= 4 is 17.3 Å². The van der Waals surface area contributed by atoms with Crippen LogP contribution in [-0.2, 0) is 29.1 Å². The fourth-order valence-electron chi connectivity index (χ4n) is 5.20. The van der Waals surface area contributed by atoms with Gasteiger partial charge >= 0.3 is 11.4 Å². The first-order valence-electron chi connectivity index (χ1n) is 15.3. The Morgan fingerprint density at radius 1 is 1.02 bits per heavy atom. The maximum atomic E-state index is 14.0. The normalized spacial score (nSPS) is 15.4. The van der Waals surface area contributed by atoms with Gasteiger partial charge in [0.2, 0.25) is 5.62 Å². The van der Waals surface area contributed by atoms with E-state index in [1.807, 2.05) is 20.8 Å². The summed E-state index contributed by atoms with van der Waals surface area (Å²) in [5.74, 6) is 7.04. The molecule has 1 aliphatic rings. The average molecular weight is 651 g/mol. The Hall–Kier alpha value is -4.39. The second-order valence-electron chi connectivity index (χ2n) is 11.5. The molecule has 1 atom stereocenters.